The topological polar surface area (TPSA) is 69.6 Å². The molecule has 0 aromatic carbocycles. The molecule has 0 saturated carbocycles. The minimum Gasteiger partial charge on any atom is -0.394 e. The molecule has 1 amide bonds. The molecule has 0 unspecified atom stereocenters. The Labute approximate surface area is 276 Å². The number of carbonyl (C=O) groups excluding carboxylic acids is 1. The van der Waals surface area contributed by atoms with Gasteiger partial charge in [-0.25, -0.2) is 0 Å². The Kier molecular flexibility index (Phi) is 35.9. The third-order valence-electron chi connectivity index (χ3n) is 9.28. The average molecular weight is 622 g/mol. The molecule has 262 valence electrons. The maximum absolute atomic E-state index is 12.3. The zero-order valence-electron chi connectivity index (χ0n) is 29.9. The van der Waals surface area contributed by atoms with Gasteiger partial charge in [0.05, 0.1) is 18.8 Å². The van der Waals surface area contributed by atoms with Crippen LogP contribution in [0.3, 0.4) is 0 Å². The second kappa shape index (κ2) is 36.6. The minimum atomic E-state index is -0.675. The highest BCUT2D eigenvalue weighted by Crippen LogP contribution is 2.16. The van der Waals surface area contributed by atoms with Gasteiger partial charge < -0.3 is 15.5 Å². The highest BCUT2D eigenvalue weighted by Gasteiger charge is 2.19. The molecule has 0 aliphatic carbocycles. The molecule has 4 nitrogen and oxygen atoms in total. The van der Waals surface area contributed by atoms with Crippen molar-refractivity contribution in [2.45, 2.75) is 231 Å². The molecule has 0 heterocycles. The van der Waals surface area contributed by atoms with Crippen LogP contribution in [0.4, 0.5) is 0 Å². The number of nitrogens with one attached hydrogen (secondary N) is 1. The number of unbranched alkanes of at least 4 members (excludes halogenated alkanes) is 27. The molecule has 0 spiro atoms. The van der Waals surface area contributed by atoms with Crippen LogP contribution in [-0.2, 0) is 4.79 Å². The molecule has 0 aliphatic heterocycles. The molecule has 4 heteroatoms. The van der Waals surface area contributed by atoms with Gasteiger partial charge in [-0.2, -0.15) is 0 Å². The summed E-state index contributed by atoms with van der Waals surface area (Å²) in [6.07, 6.45) is 44.2. The van der Waals surface area contributed by atoms with Gasteiger partial charge in [-0.05, 0) is 38.5 Å². The van der Waals surface area contributed by atoms with E-state index in [0.29, 0.717) is 12.8 Å². The first-order valence-corrected chi connectivity index (χ1v) is 19.9. The molecule has 3 N–H and O–H groups in total. The second-order valence-corrected chi connectivity index (χ2v) is 13.7. The van der Waals surface area contributed by atoms with Gasteiger partial charge >= 0.3 is 0 Å². The highest BCUT2D eigenvalue weighted by atomic mass is 16.3. The highest BCUT2D eigenvalue weighted by molar-refractivity contribution is 5.76. The zero-order valence-corrected chi connectivity index (χ0v) is 29.9. The van der Waals surface area contributed by atoms with E-state index < -0.39 is 12.1 Å². The Balaban J connectivity index is 3.49. The first-order valence-electron chi connectivity index (χ1n) is 19.9. The maximum atomic E-state index is 12.3. The Hall–Kier alpha value is -0.870. The van der Waals surface area contributed by atoms with E-state index in [-0.39, 0.29) is 12.5 Å². The van der Waals surface area contributed by atoms with Crippen molar-refractivity contribution in [1.82, 2.24) is 5.32 Å². The van der Waals surface area contributed by atoms with Crippen LogP contribution in [0.2, 0.25) is 0 Å². The van der Waals surface area contributed by atoms with E-state index >= 15 is 0 Å². The molecule has 0 aliphatic rings. The molecule has 0 saturated heterocycles. The van der Waals surface area contributed by atoms with Crippen LogP contribution in [0.5, 0.6) is 0 Å². The first kappa shape index (κ1) is 43.1. The largest absolute Gasteiger partial charge is 0.394 e. The summed E-state index contributed by atoms with van der Waals surface area (Å²) in [4.78, 5) is 12.3. The minimum absolute atomic E-state index is 0.0391. The number of hydrogen-bond donors (Lipinski definition) is 3. The van der Waals surface area contributed by atoms with Crippen molar-refractivity contribution in [3.63, 3.8) is 0 Å². The van der Waals surface area contributed by atoms with Gasteiger partial charge in [-0.1, -0.05) is 187 Å². The van der Waals surface area contributed by atoms with E-state index in [0.717, 1.165) is 32.1 Å². The Bertz CT molecular complexity index is 593. The van der Waals surface area contributed by atoms with Gasteiger partial charge in [0, 0.05) is 6.42 Å². The predicted molar refractivity (Wildman–Crippen MR) is 193 cm³/mol. The lowest BCUT2D eigenvalue weighted by Gasteiger charge is -2.22. The molecule has 0 aromatic heterocycles. The Morgan fingerprint density at radius 1 is 0.523 bits per heavy atom. The van der Waals surface area contributed by atoms with Crippen molar-refractivity contribution in [2.24, 2.45) is 0 Å². The summed E-state index contributed by atoms with van der Waals surface area (Å²) in [5.41, 5.74) is 0. The van der Waals surface area contributed by atoms with Crippen molar-refractivity contribution >= 4 is 5.91 Å². The number of amides is 1. The standard InChI is InChI=1S/C40H79NO3/c1-3-5-7-9-11-13-15-16-17-18-19-20-21-22-23-24-26-28-30-32-34-36-40(44)41-38(37-42)39(43)35-33-31-29-27-25-14-12-10-8-6-4-2/h25,27,38-39,42-43H,3-24,26,28-37H2,1-2H3,(H,41,44)/b27-25+/t38-,39+/m0/s1. The predicted octanol–water partition coefficient (Wildman–Crippen LogP) is 11.9. The lowest BCUT2D eigenvalue weighted by molar-refractivity contribution is -0.123. The lowest BCUT2D eigenvalue weighted by Crippen LogP contribution is -2.45. The van der Waals surface area contributed by atoms with Crippen molar-refractivity contribution in [3.05, 3.63) is 12.2 Å². The van der Waals surface area contributed by atoms with E-state index in [9.17, 15) is 15.0 Å². The summed E-state index contributed by atoms with van der Waals surface area (Å²) < 4.78 is 0. The second-order valence-electron chi connectivity index (χ2n) is 13.7. The van der Waals surface area contributed by atoms with Crippen LogP contribution in [0.15, 0.2) is 12.2 Å². The van der Waals surface area contributed by atoms with Crippen LogP contribution < -0.4 is 5.32 Å². The number of aliphatic hydroxyl groups excluding tert-OH is 2. The number of hydrogen-bond acceptors (Lipinski definition) is 3. The molecule has 0 bridgehead atoms. The molecule has 2 atom stereocenters. The molecule has 44 heavy (non-hydrogen) atoms. The first-order chi connectivity index (χ1) is 21.7. The molecular weight excluding hydrogens is 542 g/mol. The zero-order chi connectivity index (χ0) is 32.2. The third-order valence-corrected chi connectivity index (χ3v) is 9.28. The van der Waals surface area contributed by atoms with Gasteiger partial charge in [0.1, 0.15) is 0 Å². The van der Waals surface area contributed by atoms with E-state index in [1.54, 1.807) is 0 Å². The van der Waals surface area contributed by atoms with Crippen LogP contribution in [0.1, 0.15) is 219 Å². The van der Waals surface area contributed by atoms with Crippen LogP contribution in [0, 0.1) is 0 Å². The quantitative estimate of drug-likeness (QED) is 0.0481. The fraction of sp³-hybridized carbons (Fsp3) is 0.925. The lowest BCUT2D eigenvalue weighted by atomic mass is 10.0. The molecule has 0 aromatic rings. The smallest absolute Gasteiger partial charge is 0.220 e. The van der Waals surface area contributed by atoms with E-state index in [1.807, 2.05) is 0 Å². The summed E-state index contributed by atoms with van der Waals surface area (Å²) in [7, 11) is 0. The Morgan fingerprint density at radius 3 is 1.25 bits per heavy atom. The maximum Gasteiger partial charge on any atom is 0.220 e. The van der Waals surface area contributed by atoms with Crippen molar-refractivity contribution in [3.8, 4) is 0 Å². The fourth-order valence-electron chi connectivity index (χ4n) is 6.18. The van der Waals surface area contributed by atoms with Gasteiger partial charge in [-0.15, -0.1) is 0 Å². The molecular formula is C40H79NO3. The van der Waals surface area contributed by atoms with Gasteiger partial charge in [0.25, 0.3) is 0 Å². The number of aliphatic hydroxyl groups is 2. The number of rotatable bonds is 36. The Morgan fingerprint density at radius 2 is 0.864 bits per heavy atom. The average Bonchev–Trinajstić information content (AvgIpc) is 3.03. The monoisotopic (exact) mass is 622 g/mol. The van der Waals surface area contributed by atoms with Crippen LogP contribution in [-0.4, -0.2) is 34.9 Å². The normalized spacial score (nSPS) is 13.1. The van der Waals surface area contributed by atoms with Gasteiger partial charge in [0.15, 0.2) is 0 Å². The van der Waals surface area contributed by atoms with E-state index in [2.05, 4.69) is 31.3 Å². The van der Waals surface area contributed by atoms with E-state index in [1.165, 1.54) is 161 Å². The summed E-state index contributed by atoms with van der Waals surface area (Å²) in [6.45, 7) is 4.33. The van der Waals surface area contributed by atoms with Crippen LogP contribution >= 0.6 is 0 Å². The number of allylic oxidation sites excluding steroid dienone is 2. The van der Waals surface area contributed by atoms with Gasteiger partial charge in [-0.3, -0.25) is 4.79 Å². The number of carbonyl (C=O) groups is 1. The molecule has 0 fully saturated rings. The summed E-state index contributed by atoms with van der Waals surface area (Å²) >= 11 is 0. The molecule has 0 rings (SSSR count). The third kappa shape index (κ3) is 32.5. The van der Waals surface area contributed by atoms with Crippen molar-refractivity contribution < 1.29 is 15.0 Å². The SMILES string of the molecule is CCCCCCC/C=C/CCCC[C@@H](O)[C@H](CO)NC(=O)CCCCCCCCCCCCCCCCCCCCCCC. The summed E-state index contributed by atoms with van der Waals surface area (Å²) in [5, 5.41) is 23.0. The van der Waals surface area contributed by atoms with E-state index in [4.69, 9.17) is 0 Å². The molecule has 0 radical (unpaired) electrons. The summed E-state index contributed by atoms with van der Waals surface area (Å²) in [5.74, 6) is -0.0391. The fourth-order valence-corrected chi connectivity index (χ4v) is 6.18. The van der Waals surface area contributed by atoms with Crippen LogP contribution in [0.25, 0.3) is 0 Å². The van der Waals surface area contributed by atoms with Crippen molar-refractivity contribution in [2.75, 3.05) is 6.61 Å². The van der Waals surface area contributed by atoms with Crippen molar-refractivity contribution in [1.29, 1.82) is 0 Å². The summed E-state index contributed by atoms with van der Waals surface area (Å²) in [6, 6.07) is -0.545. The van der Waals surface area contributed by atoms with Gasteiger partial charge in [0.2, 0.25) is 5.91 Å².